The van der Waals surface area contributed by atoms with Gasteiger partial charge in [0.2, 0.25) is 0 Å². The van der Waals surface area contributed by atoms with Crippen LogP contribution >= 0.6 is 7.06 Å². The molecule has 292 valence electrons. The van der Waals surface area contributed by atoms with Gasteiger partial charge < -0.3 is 0 Å². The van der Waals surface area contributed by atoms with Gasteiger partial charge >= 0.3 is 271 Å². The minimum atomic E-state index is -8.16. The Labute approximate surface area is 272 Å². The van der Waals surface area contributed by atoms with Crippen LogP contribution in [0.25, 0.3) is 0 Å². The Bertz CT molecular complexity index is 1440. The molecule has 1 heterocycles. The number of rotatable bonds is 7. The molecule has 3 rings (SSSR count). The molecule has 0 saturated carbocycles. The van der Waals surface area contributed by atoms with Crippen LogP contribution in [0.3, 0.4) is 0 Å². The molecule has 0 unspecified atom stereocenters. The summed E-state index contributed by atoms with van der Waals surface area (Å²) in [5.41, 5.74) is -8.54. The van der Waals surface area contributed by atoms with Crippen LogP contribution in [0, 0.1) is 0 Å². The van der Waals surface area contributed by atoms with Crippen LogP contribution in [-0.4, -0.2) is 61.7 Å². The van der Waals surface area contributed by atoms with Crippen LogP contribution in [0.15, 0.2) is 24.3 Å². The summed E-state index contributed by atoms with van der Waals surface area (Å²) >= 11 is 0. The Morgan fingerprint density at radius 1 is 0.392 bits per heavy atom. The van der Waals surface area contributed by atoms with Crippen LogP contribution in [0.5, 0.6) is 11.5 Å². The van der Waals surface area contributed by atoms with Gasteiger partial charge in [-0.3, -0.25) is 0 Å². The van der Waals surface area contributed by atoms with Crippen molar-refractivity contribution in [3.8, 4) is 11.5 Å². The summed E-state index contributed by atoms with van der Waals surface area (Å²) < 4.78 is 300. The van der Waals surface area contributed by atoms with E-state index in [-0.39, 0.29) is 24.3 Å². The number of halogens is 21. The molecule has 0 N–H and O–H groups in total. The Balaban J connectivity index is 2.71. The van der Waals surface area contributed by atoms with Gasteiger partial charge in [-0.15, -0.1) is 0 Å². The minimum absolute atomic E-state index is 0.0717. The van der Waals surface area contributed by atoms with Crippen molar-refractivity contribution in [3.05, 3.63) is 57.6 Å². The third-order valence-electron chi connectivity index (χ3n) is 6.82. The molecule has 1 aliphatic heterocycles. The van der Waals surface area contributed by atoms with Crippen molar-refractivity contribution in [2.75, 3.05) is 18.5 Å². The van der Waals surface area contributed by atoms with Gasteiger partial charge in [0.1, 0.15) is 0 Å². The number of alkyl halides is 21. The molecular weight excluding hydrogens is 786 g/mol. The zero-order chi connectivity index (χ0) is 39.5. The van der Waals surface area contributed by atoms with E-state index < -0.39 is 146 Å². The van der Waals surface area contributed by atoms with Crippen molar-refractivity contribution < 1.29 is 101 Å². The van der Waals surface area contributed by atoms with Gasteiger partial charge in [-0.05, 0) is 0 Å². The molecule has 0 radical (unpaired) electrons. The first-order valence-corrected chi connectivity index (χ1v) is 16.2. The van der Waals surface area contributed by atoms with Crippen molar-refractivity contribution in [1.82, 2.24) is 0 Å². The van der Waals surface area contributed by atoms with Crippen LogP contribution in [0.1, 0.15) is 33.4 Å². The Hall–Kier alpha value is -3.00. The van der Waals surface area contributed by atoms with E-state index in [4.69, 9.17) is 9.05 Å². The van der Waals surface area contributed by atoms with E-state index in [0.717, 1.165) is 0 Å². The molecule has 2 nitrogen and oxygen atoms in total. The fourth-order valence-corrected chi connectivity index (χ4v) is 10.3. The van der Waals surface area contributed by atoms with Gasteiger partial charge in [0.25, 0.3) is 0 Å². The van der Waals surface area contributed by atoms with Crippen molar-refractivity contribution >= 4 is 7.06 Å². The van der Waals surface area contributed by atoms with Crippen LogP contribution in [0.4, 0.5) is 92.2 Å². The predicted molar refractivity (Wildman–Crippen MR) is 136 cm³/mol. The molecule has 1 aliphatic rings. The maximum atomic E-state index is 14.2. The molecule has 0 saturated heterocycles. The second-order valence-electron chi connectivity index (χ2n) is 11.9. The van der Waals surface area contributed by atoms with Crippen molar-refractivity contribution in [1.29, 1.82) is 0 Å². The summed E-state index contributed by atoms with van der Waals surface area (Å²) in [6, 6.07) is 0.158. The van der Waals surface area contributed by atoms with Gasteiger partial charge in [0, 0.05) is 0 Å². The number of fused-ring (bicyclic) bond motifs is 2. The fraction of sp³-hybridized carbons (Fsp3) is 0.556. The quantitative estimate of drug-likeness (QED) is 0.205. The summed E-state index contributed by atoms with van der Waals surface area (Å²) in [4.78, 5) is 0. The molecule has 0 bridgehead atoms. The van der Waals surface area contributed by atoms with E-state index >= 15 is 0 Å². The summed E-state index contributed by atoms with van der Waals surface area (Å²) in [5, 5.41) is 0. The van der Waals surface area contributed by atoms with Crippen LogP contribution in [0.2, 0.25) is 0 Å². The van der Waals surface area contributed by atoms with Crippen LogP contribution in [-0.2, 0) is 32.1 Å². The Morgan fingerprint density at radius 3 is 0.902 bits per heavy atom. The standard InChI is InChI=1S/C27H20F21O2P/c28-21(29,30)6-13-1-15-5-16-2-14(7-22(31,32)33)4-18(9-24(37,38)39)20(16)50-51(10-25(40,41)42,11-26(43,44)45,12-27(46,47)48)49-19(15)17(3-13)8-23(34,35)36/h1-4H,5-12H2. The summed E-state index contributed by atoms with van der Waals surface area (Å²) in [6.07, 6.45) is -61.8. The first-order chi connectivity index (χ1) is 22.4. The third-order valence-corrected chi connectivity index (χ3v) is 11.3. The molecule has 0 amide bonds. The molecule has 0 aliphatic carbocycles. The Kier molecular flexibility index (Phi) is 10.9. The Morgan fingerprint density at radius 2 is 0.667 bits per heavy atom. The van der Waals surface area contributed by atoms with Crippen molar-refractivity contribution in [3.63, 3.8) is 0 Å². The van der Waals surface area contributed by atoms with E-state index in [1.54, 1.807) is 0 Å². The summed E-state index contributed by atoms with van der Waals surface area (Å²) in [5.74, 6) is -3.81. The number of benzene rings is 2. The molecular formula is C27H20F21O2P. The number of hydrogen-bond donors (Lipinski definition) is 0. The predicted octanol–water partition coefficient (Wildman–Crippen LogP) is 11.5. The zero-order valence-electron chi connectivity index (χ0n) is 24.7. The van der Waals surface area contributed by atoms with Gasteiger partial charge in [0.05, 0.1) is 0 Å². The topological polar surface area (TPSA) is 18.5 Å². The maximum absolute atomic E-state index is 14.2. The molecule has 0 atom stereocenters. The average Bonchev–Trinajstić information content (AvgIpc) is 2.75. The normalized spacial score (nSPS) is 17.9. The third kappa shape index (κ3) is 12.9. The first kappa shape index (κ1) is 42.4. The number of hydrogen-bond acceptors (Lipinski definition) is 2. The summed E-state index contributed by atoms with van der Waals surface area (Å²) in [7, 11) is -8.16. The second kappa shape index (κ2) is 13.1. The van der Waals surface area contributed by atoms with Crippen LogP contribution < -0.4 is 9.05 Å². The van der Waals surface area contributed by atoms with E-state index in [2.05, 4.69) is 0 Å². The fourth-order valence-electron chi connectivity index (χ4n) is 5.76. The van der Waals surface area contributed by atoms with Gasteiger partial charge in [-0.1, -0.05) is 0 Å². The van der Waals surface area contributed by atoms with E-state index in [0.29, 0.717) is 0 Å². The molecule has 51 heavy (non-hydrogen) atoms. The molecule has 0 fully saturated rings. The van der Waals surface area contributed by atoms with E-state index in [1.165, 1.54) is 0 Å². The van der Waals surface area contributed by atoms with E-state index in [9.17, 15) is 92.2 Å². The summed E-state index contributed by atoms with van der Waals surface area (Å²) in [6.45, 7) is 0. The molecule has 0 aromatic heterocycles. The zero-order valence-corrected chi connectivity index (χ0v) is 25.6. The van der Waals surface area contributed by atoms with E-state index in [1.807, 2.05) is 0 Å². The SMILES string of the molecule is FC(F)(F)Cc1cc2c(c(CC(F)(F)F)c1)OP(CC(F)(F)F)(CC(F)(F)F)(CC(F)(F)F)Oc1c(cc(CC(F)(F)F)cc1CC(F)(F)F)C2. The average molecular weight is 806 g/mol. The second-order valence-corrected chi connectivity index (χ2v) is 16.2. The monoisotopic (exact) mass is 806 g/mol. The molecule has 2 aromatic rings. The first-order valence-electron chi connectivity index (χ1n) is 13.6. The van der Waals surface area contributed by atoms with Gasteiger partial charge in [-0.2, -0.15) is 0 Å². The molecule has 24 heteroatoms. The van der Waals surface area contributed by atoms with Crippen molar-refractivity contribution in [2.45, 2.75) is 75.3 Å². The van der Waals surface area contributed by atoms with Gasteiger partial charge in [0.15, 0.2) is 0 Å². The van der Waals surface area contributed by atoms with Crippen molar-refractivity contribution in [2.24, 2.45) is 0 Å². The molecule has 0 spiro atoms. The van der Waals surface area contributed by atoms with Gasteiger partial charge in [-0.25, -0.2) is 0 Å². The molecule has 2 aromatic carbocycles.